The molecule has 7 heteroatoms. The summed E-state index contributed by atoms with van der Waals surface area (Å²) < 4.78 is 5.28. The lowest BCUT2D eigenvalue weighted by atomic mass is 10.1. The van der Waals surface area contributed by atoms with Crippen LogP contribution in [0, 0.1) is 5.92 Å². The van der Waals surface area contributed by atoms with Crippen LogP contribution in [0.1, 0.15) is 45.9 Å². The second kappa shape index (κ2) is 9.75. The molecule has 2 aromatic rings. The van der Waals surface area contributed by atoms with Gasteiger partial charge in [-0.15, -0.1) is 5.10 Å². The first-order chi connectivity index (χ1) is 11.7. The fraction of sp³-hybridized carbons (Fsp3) is 0.588. The van der Waals surface area contributed by atoms with Gasteiger partial charge in [-0.1, -0.05) is 26.7 Å². The molecule has 0 radical (unpaired) electrons. The van der Waals surface area contributed by atoms with Crippen molar-refractivity contribution >= 4 is 5.96 Å². The Morgan fingerprint density at radius 1 is 1.33 bits per heavy atom. The summed E-state index contributed by atoms with van der Waals surface area (Å²) in [4.78, 5) is 8.93. The van der Waals surface area contributed by atoms with Crippen LogP contribution in [0.2, 0.25) is 0 Å². The highest BCUT2D eigenvalue weighted by molar-refractivity contribution is 5.79. The lowest BCUT2D eigenvalue weighted by Crippen LogP contribution is -2.37. The minimum Gasteiger partial charge on any atom is -0.461 e. The predicted molar refractivity (Wildman–Crippen MR) is 95.6 cm³/mol. The van der Waals surface area contributed by atoms with E-state index >= 15 is 0 Å². The molecule has 3 N–H and O–H groups in total. The second-order valence-corrected chi connectivity index (χ2v) is 6.09. The number of guanidine groups is 1. The van der Waals surface area contributed by atoms with Crippen LogP contribution in [0.4, 0.5) is 0 Å². The molecule has 0 aliphatic carbocycles. The van der Waals surface area contributed by atoms with Gasteiger partial charge in [0.15, 0.2) is 11.7 Å². The van der Waals surface area contributed by atoms with Crippen LogP contribution in [-0.4, -0.2) is 34.2 Å². The van der Waals surface area contributed by atoms with Crippen LogP contribution in [0.15, 0.2) is 27.8 Å². The molecule has 2 rings (SSSR count). The van der Waals surface area contributed by atoms with Gasteiger partial charge in [0.2, 0.25) is 5.82 Å². The Morgan fingerprint density at radius 2 is 2.21 bits per heavy atom. The Balaban J connectivity index is 1.82. The van der Waals surface area contributed by atoms with E-state index in [0.717, 1.165) is 31.4 Å². The third-order valence-electron chi connectivity index (χ3n) is 3.51. The average molecular weight is 332 g/mol. The minimum atomic E-state index is 0.440. The number of hydrogen-bond donors (Lipinski definition) is 3. The topological polar surface area (TPSA) is 91.1 Å². The number of aromatic nitrogens is 3. The molecule has 2 heterocycles. The van der Waals surface area contributed by atoms with Gasteiger partial charge in [0.1, 0.15) is 12.4 Å². The van der Waals surface area contributed by atoms with Crippen molar-refractivity contribution in [3.63, 3.8) is 0 Å². The number of hydrogen-bond acceptors (Lipinski definition) is 4. The number of unbranched alkanes of at least 4 members (excludes halogenated alkanes) is 1. The number of nitrogens with zero attached hydrogens (tertiary/aromatic N) is 3. The molecule has 7 nitrogen and oxygen atoms in total. The van der Waals surface area contributed by atoms with Crippen LogP contribution in [0.3, 0.4) is 0 Å². The van der Waals surface area contributed by atoms with Gasteiger partial charge in [-0.3, -0.25) is 5.10 Å². The first-order valence-electron chi connectivity index (χ1n) is 8.66. The fourth-order valence-electron chi connectivity index (χ4n) is 2.26. The third kappa shape index (κ3) is 6.06. The molecular formula is C17H28N6O. The molecular weight excluding hydrogens is 304 g/mol. The average Bonchev–Trinajstić information content (AvgIpc) is 3.22. The van der Waals surface area contributed by atoms with Crippen molar-refractivity contribution in [3.05, 3.63) is 24.2 Å². The summed E-state index contributed by atoms with van der Waals surface area (Å²) in [7, 11) is 0. The maximum Gasteiger partial charge on any atom is 0.216 e. The third-order valence-corrected chi connectivity index (χ3v) is 3.51. The monoisotopic (exact) mass is 332 g/mol. The molecule has 0 saturated heterocycles. The number of rotatable bonds is 9. The van der Waals surface area contributed by atoms with Crippen molar-refractivity contribution in [2.24, 2.45) is 10.9 Å². The van der Waals surface area contributed by atoms with Crippen molar-refractivity contribution in [1.29, 1.82) is 0 Å². The highest BCUT2D eigenvalue weighted by Gasteiger charge is 2.08. The smallest absolute Gasteiger partial charge is 0.216 e. The van der Waals surface area contributed by atoms with Crippen LogP contribution in [0.5, 0.6) is 0 Å². The lowest BCUT2D eigenvalue weighted by molar-refractivity contribution is 0.534. The molecule has 132 valence electrons. The van der Waals surface area contributed by atoms with Gasteiger partial charge in [0.25, 0.3) is 0 Å². The largest absolute Gasteiger partial charge is 0.461 e. The van der Waals surface area contributed by atoms with Crippen molar-refractivity contribution in [2.45, 2.75) is 46.6 Å². The van der Waals surface area contributed by atoms with E-state index < -0.39 is 0 Å². The maximum atomic E-state index is 5.28. The molecule has 2 aromatic heterocycles. The van der Waals surface area contributed by atoms with E-state index in [9.17, 15) is 0 Å². The highest BCUT2D eigenvalue weighted by Crippen LogP contribution is 2.14. The van der Waals surface area contributed by atoms with Gasteiger partial charge < -0.3 is 15.1 Å². The standard InChI is InChI=1S/C17H28N6O/c1-4-18-17(19-10-6-5-8-13(2)3)20-12-15-21-16(23-22-15)14-9-7-11-24-14/h7,9,11,13H,4-6,8,10,12H2,1-3H3,(H2,18,19,20)(H,21,22,23). The number of aliphatic imine (C=N–C) groups is 1. The van der Waals surface area contributed by atoms with Gasteiger partial charge in [-0.2, -0.15) is 0 Å². The summed E-state index contributed by atoms with van der Waals surface area (Å²) in [6.45, 7) is 8.76. The van der Waals surface area contributed by atoms with E-state index in [2.05, 4.69) is 51.6 Å². The fourth-order valence-corrected chi connectivity index (χ4v) is 2.26. The molecule has 0 saturated carbocycles. The summed E-state index contributed by atoms with van der Waals surface area (Å²) in [5.41, 5.74) is 0. The molecule has 0 bridgehead atoms. The van der Waals surface area contributed by atoms with Crippen LogP contribution >= 0.6 is 0 Å². The molecule has 24 heavy (non-hydrogen) atoms. The summed E-state index contributed by atoms with van der Waals surface area (Å²) in [6, 6.07) is 3.65. The number of furan rings is 1. The van der Waals surface area contributed by atoms with Gasteiger partial charge in [0, 0.05) is 13.1 Å². The molecule has 0 aromatic carbocycles. The molecule has 0 amide bonds. The second-order valence-electron chi connectivity index (χ2n) is 6.09. The summed E-state index contributed by atoms with van der Waals surface area (Å²) >= 11 is 0. The minimum absolute atomic E-state index is 0.440. The van der Waals surface area contributed by atoms with Crippen molar-refractivity contribution < 1.29 is 4.42 Å². The van der Waals surface area contributed by atoms with Crippen molar-refractivity contribution in [2.75, 3.05) is 13.1 Å². The van der Waals surface area contributed by atoms with Crippen LogP contribution < -0.4 is 10.6 Å². The predicted octanol–water partition coefficient (Wildman–Crippen LogP) is 2.95. The molecule has 0 fully saturated rings. The summed E-state index contributed by atoms with van der Waals surface area (Å²) in [5, 5.41) is 13.6. The van der Waals surface area contributed by atoms with Gasteiger partial charge in [0.05, 0.1) is 6.26 Å². The van der Waals surface area contributed by atoms with E-state index in [1.807, 2.05) is 12.1 Å². The first-order valence-corrected chi connectivity index (χ1v) is 8.66. The molecule has 0 unspecified atom stereocenters. The van der Waals surface area contributed by atoms with Gasteiger partial charge >= 0.3 is 0 Å². The Hall–Kier alpha value is -2.31. The van der Waals surface area contributed by atoms with E-state index in [-0.39, 0.29) is 0 Å². The Morgan fingerprint density at radius 3 is 2.92 bits per heavy atom. The first kappa shape index (κ1) is 18.0. The highest BCUT2D eigenvalue weighted by atomic mass is 16.3. The maximum absolute atomic E-state index is 5.28. The van der Waals surface area contributed by atoms with Crippen molar-refractivity contribution in [3.8, 4) is 11.6 Å². The normalized spacial score (nSPS) is 11.9. The Labute approximate surface area is 143 Å². The van der Waals surface area contributed by atoms with Crippen molar-refractivity contribution in [1.82, 2.24) is 25.8 Å². The number of H-pyrrole nitrogens is 1. The summed E-state index contributed by atoms with van der Waals surface area (Å²) in [5.74, 6) is 3.48. The SMILES string of the molecule is CCNC(=NCc1nc(-c2ccco2)n[nH]1)NCCCCC(C)C. The molecule has 0 aliphatic heterocycles. The Bertz CT molecular complexity index is 602. The van der Waals surface area contributed by atoms with Crippen LogP contribution in [0.25, 0.3) is 11.6 Å². The zero-order valence-electron chi connectivity index (χ0n) is 14.8. The van der Waals surface area contributed by atoms with Gasteiger partial charge in [-0.25, -0.2) is 9.98 Å². The van der Waals surface area contributed by atoms with E-state index in [0.29, 0.717) is 24.0 Å². The zero-order valence-corrected chi connectivity index (χ0v) is 14.8. The molecule has 0 aliphatic rings. The summed E-state index contributed by atoms with van der Waals surface area (Å²) in [6.07, 6.45) is 5.26. The lowest BCUT2D eigenvalue weighted by Gasteiger charge is -2.11. The van der Waals surface area contributed by atoms with E-state index in [1.54, 1.807) is 6.26 Å². The molecule has 0 atom stereocenters. The number of aromatic amines is 1. The van der Waals surface area contributed by atoms with Gasteiger partial charge in [-0.05, 0) is 31.4 Å². The molecule has 0 spiro atoms. The Kier molecular flexibility index (Phi) is 7.32. The van der Waals surface area contributed by atoms with E-state index in [4.69, 9.17) is 4.42 Å². The zero-order chi connectivity index (χ0) is 17.2. The van der Waals surface area contributed by atoms with Crippen LogP contribution in [-0.2, 0) is 6.54 Å². The van der Waals surface area contributed by atoms with E-state index in [1.165, 1.54) is 12.8 Å². The quantitative estimate of drug-likeness (QED) is 0.373. The number of nitrogens with one attached hydrogen (secondary N) is 3.